The number of ether oxygens (including phenoxy) is 6. The molecule has 16 heteroatoms. The van der Waals surface area contributed by atoms with Crippen molar-refractivity contribution in [3.05, 3.63) is 65.2 Å². The Labute approximate surface area is 265 Å². The van der Waals surface area contributed by atoms with Crippen molar-refractivity contribution < 1.29 is 78.9 Å². The van der Waals surface area contributed by atoms with E-state index in [1.54, 1.807) is 0 Å². The van der Waals surface area contributed by atoms with Crippen LogP contribution in [0, 0.1) is 0 Å². The molecule has 250 valence electrons. The summed E-state index contributed by atoms with van der Waals surface area (Å²) in [5, 5.41) is 81.0. The zero-order valence-corrected chi connectivity index (χ0v) is 24.4. The number of benzene rings is 3. The van der Waals surface area contributed by atoms with Crippen molar-refractivity contribution in [3.63, 3.8) is 0 Å². The molecule has 3 aliphatic rings. The van der Waals surface area contributed by atoms with Crippen LogP contribution in [0.3, 0.4) is 0 Å². The Kier molecular flexibility index (Phi) is 8.47. The van der Waals surface area contributed by atoms with E-state index in [1.165, 1.54) is 43.5 Å². The standard InChI is InChI=1S/C31H30O16/c1-42-17-6-11(2-4-14(17)33)27-20(10-43-31-26(39)23(36)25(38)29(47-31)30(40)41)44-16-5-3-12(7-18(16)45-27)28-24(37)22(35)21-15(34)8-13(32)9-19(21)46-28/h2-9,20,23-29,31-34,36-39H,10H2,1H3,(H,40,41). The van der Waals surface area contributed by atoms with E-state index in [2.05, 4.69) is 0 Å². The number of aromatic hydroxyl groups is 3. The van der Waals surface area contributed by atoms with Crippen molar-refractivity contribution in [3.8, 4) is 40.2 Å². The van der Waals surface area contributed by atoms with Gasteiger partial charge < -0.3 is 69.3 Å². The van der Waals surface area contributed by atoms with E-state index in [9.17, 15) is 50.4 Å². The molecule has 9 atom stereocenters. The predicted molar refractivity (Wildman–Crippen MR) is 153 cm³/mol. The number of carboxylic acid groups (broad SMARTS) is 1. The van der Waals surface area contributed by atoms with Crippen LogP contribution >= 0.6 is 0 Å². The Bertz CT molecular complexity index is 1690. The minimum Gasteiger partial charge on any atom is -0.508 e. The van der Waals surface area contributed by atoms with Gasteiger partial charge in [-0.1, -0.05) is 12.1 Å². The molecule has 3 aromatic rings. The first-order valence-electron chi connectivity index (χ1n) is 14.2. The lowest BCUT2D eigenvalue weighted by molar-refractivity contribution is -0.298. The molecule has 0 radical (unpaired) electrons. The van der Waals surface area contributed by atoms with Crippen LogP contribution in [0.4, 0.5) is 0 Å². The quantitative estimate of drug-likeness (QED) is 0.170. The number of phenolic OH excluding ortho intramolecular Hbond substituents is 3. The SMILES string of the molecule is COc1cc(C2Oc3cc(C4Oc5cc(O)cc(O)c5C(=O)C4O)ccc3OC2COC2OC(C(=O)O)C(O)C(O)C2O)ccc1O. The van der Waals surface area contributed by atoms with Gasteiger partial charge in [0.05, 0.1) is 13.7 Å². The van der Waals surface area contributed by atoms with Gasteiger partial charge in [0.1, 0.15) is 41.1 Å². The molecule has 0 spiro atoms. The third-order valence-corrected chi connectivity index (χ3v) is 8.06. The molecule has 8 N–H and O–H groups in total. The van der Waals surface area contributed by atoms with E-state index < -0.39 is 79.2 Å². The molecular formula is C31H30O16. The Morgan fingerprint density at radius 1 is 0.787 bits per heavy atom. The molecule has 3 aliphatic heterocycles. The first kappa shape index (κ1) is 32.1. The molecule has 1 saturated heterocycles. The summed E-state index contributed by atoms with van der Waals surface area (Å²) in [4.78, 5) is 24.5. The van der Waals surface area contributed by atoms with Gasteiger partial charge in [0.15, 0.2) is 59.8 Å². The average molecular weight is 659 g/mol. The highest BCUT2D eigenvalue weighted by Crippen LogP contribution is 2.46. The van der Waals surface area contributed by atoms with E-state index in [1.807, 2.05) is 0 Å². The molecule has 9 unspecified atom stereocenters. The van der Waals surface area contributed by atoms with Gasteiger partial charge in [0.2, 0.25) is 5.78 Å². The Morgan fingerprint density at radius 3 is 2.21 bits per heavy atom. The van der Waals surface area contributed by atoms with Crippen molar-refractivity contribution >= 4 is 11.8 Å². The first-order chi connectivity index (χ1) is 22.4. The number of phenols is 3. The second-order valence-corrected chi connectivity index (χ2v) is 11.1. The summed E-state index contributed by atoms with van der Waals surface area (Å²) < 4.78 is 34.4. The lowest BCUT2D eigenvalue weighted by Gasteiger charge is -2.40. The number of fused-ring (bicyclic) bond motifs is 2. The predicted octanol–water partition coefficient (Wildman–Crippen LogP) is 0.279. The zero-order valence-electron chi connectivity index (χ0n) is 24.4. The number of aliphatic hydroxyl groups excluding tert-OH is 4. The van der Waals surface area contributed by atoms with E-state index in [4.69, 9.17) is 28.4 Å². The first-order valence-corrected chi connectivity index (χ1v) is 14.2. The number of methoxy groups -OCH3 is 1. The van der Waals surface area contributed by atoms with Crippen molar-refractivity contribution in [2.24, 2.45) is 0 Å². The van der Waals surface area contributed by atoms with Crippen LogP contribution in [0.5, 0.6) is 40.2 Å². The summed E-state index contributed by atoms with van der Waals surface area (Å²) in [6.07, 6.45) is -14.2. The molecule has 3 aromatic carbocycles. The highest BCUT2D eigenvalue weighted by Gasteiger charge is 2.48. The lowest BCUT2D eigenvalue weighted by Crippen LogP contribution is -2.60. The van der Waals surface area contributed by atoms with Crippen LogP contribution in [0.2, 0.25) is 0 Å². The van der Waals surface area contributed by atoms with Crippen LogP contribution in [-0.4, -0.2) is 109 Å². The number of carboxylic acids is 1. The molecule has 47 heavy (non-hydrogen) atoms. The summed E-state index contributed by atoms with van der Waals surface area (Å²) in [6.45, 7) is -0.408. The molecule has 0 bridgehead atoms. The topological polar surface area (TPSA) is 251 Å². The molecular weight excluding hydrogens is 628 g/mol. The van der Waals surface area contributed by atoms with Crippen molar-refractivity contribution in [1.29, 1.82) is 0 Å². The van der Waals surface area contributed by atoms with Gasteiger partial charge in [0, 0.05) is 17.7 Å². The molecule has 16 nitrogen and oxygen atoms in total. The smallest absolute Gasteiger partial charge is 0.335 e. The second kappa shape index (κ2) is 12.4. The second-order valence-electron chi connectivity index (χ2n) is 11.1. The maximum atomic E-state index is 12.9. The number of carbonyl (C=O) groups is 2. The van der Waals surface area contributed by atoms with E-state index in [-0.39, 0.29) is 45.6 Å². The van der Waals surface area contributed by atoms with Gasteiger partial charge in [-0.3, -0.25) is 4.79 Å². The third-order valence-electron chi connectivity index (χ3n) is 8.06. The summed E-state index contributed by atoms with van der Waals surface area (Å²) in [6, 6.07) is 10.8. The van der Waals surface area contributed by atoms with Crippen LogP contribution in [0.25, 0.3) is 0 Å². The molecule has 6 rings (SSSR count). The van der Waals surface area contributed by atoms with E-state index in [0.717, 1.165) is 12.1 Å². The molecule has 3 heterocycles. The van der Waals surface area contributed by atoms with Crippen molar-refractivity contribution in [1.82, 2.24) is 0 Å². The number of hydrogen-bond donors (Lipinski definition) is 8. The summed E-state index contributed by atoms with van der Waals surface area (Å²) in [5.41, 5.74) is 0.402. The van der Waals surface area contributed by atoms with E-state index >= 15 is 0 Å². The van der Waals surface area contributed by atoms with Gasteiger partial charge in [-0.2, -0.15) is 0 Å². The van der Waals surface area contributed by atoms with Crippen LogP contribution in [0.1, 0.15) is 33.7 Å². The van der Waals surface area contributed by atoms with Crippen LogP contribution in [0.15, 0.2) is 48.5 Å². The minimum absolute atomic E-state index is 0.0974. The summed E-state index contributed by atoms with van der Waals surface area (Å²) >= 11 is 0. The maximum absolute atomic E-state index is 12.9. The summed E-state index contributed by atoms with van der Waals surface area (Å²) in [5.74, 6) is -3.24. The van der Waals surface area contributed by atoms with Gasteiger partial charge in [-0.05, 0) is 29.8 Å². The number of aliphatic carboxylic acids is 1. The van der Waals surface area contributed by atoms with Gasteiger partial charge in [-0.15, -0.1) is 0 Å². The largest absolute Gasteiger partial charge is 0.508 e. The fourth-order valence-corrected chi connectivity index (χ4v) is 5.65. The number of aliphatic hydroxyl groups is 4. The van der Waals surface area contributed by atoms with Crippen molar-refractivity contribution in [2.75, 3.05) is 13.7 Å². The molecule has 0 aromatic heterocycles. The monoisotopic (exact) mass is 658 g/mol. The number of Topliss-reactive ketones (excluding diaryl/α,β-unsaturated/α-hetero) is 1. The highest BCUT2D eigenvalue weighted by molar-refractivity contribution is 6.05. The van der Waals surface area contributed by atoms with Crippen LogP contribution in [-0.2, 0) is 14.3 Å². The van der Waals surface area contributed by atoms with E-state index in [0.29, 0.717) is 5.56 Å². The Balaban J connectivity index is 1.30. The number of hydrogen-bond acceptors (Lipinski definition) is 15. The molecule has 1 fully saturated rings. The number of rotatable bonds is 7. The number of carbonyl (C=O) groups excluding carboxylic acids is 1. The van der Waals surface area contributed by atoms with Crippen LogP contribution < -0.4 is 18.9 Å². The normalized spacial score (nSPS) is 29.8. The minimum atomic E-state index is -1.92. The lowest BCUT2D eigenvalue weighted by atomic mass is 9.92. The molecule has 0 aliphatic carbocycles. The average Bonchev–Trinajstić information content (AvgIpc) is 3.04. The third kappa shape index (κ3) is 5.82. The maximum Gasteiger partial charge on any atom is 0.335 e. The molecule has 0 saturated carbocycles. The highest BCUT2D eigenvalue weighted by atomic mass is 16.7. The Hall–Kier alpha value is -4.84. The van der Waals surface area contributed by atoms with Crippen molar-refractivity contribution in [2.45, 2.75) is 55.1 Å². The van der Waals surface area contributed by atoms with Gasteiger partial charge in [-0.25, -0.2) is 4.79 Å². The number of ketones is 1. The fourth-order valence-electron chi connectivity index (χ4n) is 5.65. The molecule has 0 amide bonds. The summed E-state index contributed by atoms with van der Waals surface area (Å²) in [7, 11) is 1.34. The zero-order chi connectivity index (χ0) is 33.7. The van der Waals surface area contributed by atoms with Gasteiger partial charge in [0.25, 0.3) is 0 Å². The van der Waals surface area contributed by atoms with Gasteiger partial charge >= 0.3 is 5.97 Å². The fraction of sp³-hybridized carbons (Fsp3) is 0.355. The Morgan fingerprint density at radius 2 is 1.49 bits per heavy atom.